The summed E-state index contributed by atoms with van der Waals surface area (Å²) in [5.41, 5.74) is 1.44. The lowest BCUT2D eigenvalue weighted by Crippen LogP contribution is -2.34. The third-order valence-electron chi connectivity index (χ3n) is 3.72. The first-order valence-corrected chi connectivity index (χ1v) is 9.48. The van der Waals surface area contributed by atoms with E-state index in [0.29, 0.717) is 27.3 Å². The molecule has 1 aromatic heterocycles. The van der Waals surface area contributed by atoms with Gasteiger partial charge in [-0.25, -0.2) is 0 Å². The quantitative estimate of drug-likeness (QED) is 0.451. The van der Waals surface area contributed by atoms with Crippen molar-refractivity contribution in [1.82, 2.24) is 5.32 Å². The van der Waals surface area contributed by atoms with Crippen LogP contribution in [0.1, 0.15) is 16.1 Å². The van der Waals surface area contributed by atoms with Gasteiger partial charge in [-0.2, -0.15) is 0 Å². The Morgan fingerprint density at radius 3 is 2.50 bits per heavy atom. The van der Waals surface area contributed by atoms with Gasteiger partial charge < -0.3 is 14.8 Å². The summed E-state index contributed by atoms with van der Waals surface area (Å²) in [4.78, 5) is 12.3. The first-order valence-electron chi connectivity index (χ1n) is 7.94. The Balaban J connectivity index is 1.74. The fourth-order valence-corrected chi connectivity index (χ4v) is 3.25. The second-order valence-corrected chi connectivity index (χ2v) is 7.31. The number of carbonyl (C=O) groups is 1. The number of aliphatic hydroxyl groups excluding tert-OH is 1. The minimum absolute atomic E-state index is 0.0468. The molecular formula is C19H13Cl3N2O3S. The number of hydrogen-bond donors (Lipinski definition) is 3. The summed E-state index contributed by atoms with van der Waals surface area (Å²) < 4.78 is 5.52. The highest BCUT2D eigenvalue weighted by atomic mass is 35.5. The molecule has 0 aliphatic heterocycles. The molecule has 5 nitrogen and oxygen atoms in total. The SMILES string of the molecule is O=C(NC(=S)Nc1cc(-c2ccc(CO)o2)ccc1Cl)c1ccc(Cl)cc1Cl. The Bertz CT molecular complexity index is 1050. The van der Waals surface area contributed by atoms with Crippen molar-refractivity contribution in [2.75, 3.05) is 5.32 Å². The third kappa shape index (κ3) is 4.84. The van der Waals surface area contributed by atoms with Crippen LogP contribution in [-0.2, 0) is 6.61 Å². The number of hydrogen-bond acceptors (Lipinski definition) is 4. The van der Waals surface area contributed by atoms with Gasteiger partial charge in [0, 0.05) is 10.6 Å². The van der Waals surface area contributed by atoms with E-state index in [1.54, 1.807) is 36.4 Å². The maximum atomic E-state index is 12.3. The third-order valence-corrected chi connectivity index (χ3v) is 4.80. The van der Waals surface area contributed by atoms with Crippen LogP contribution < -0.4 is 10.6 Å². The monoisotopic (exact) mass is 454 g/mol. The molecule has 1 heterocycles. The molecule has 3 rings (SSSR count). The minimum Gasteiger partial charge on any atom is -0.459 e. The van der Waals surface area contributed by atoms with Crippen molar-refractivity contribution in [3.8, 4) is 11.3 Å². The summed E-state index contributed by atoms with van der Waals surface area (Å²) in [6.45, 7) is -0.192. The van der Waals surface area contributed by atoms with Crippen molar-refractivity contribution < 1.29 is 14.3 Å². The Morgan fingerprint density at radius 2 is 1.82 bits per heavy atom. The summed E-state index contributed by atoms with van der Waals surface area (Å²) in [7, 11) is 0. The van der Waals surface area contributed by atoms with Crippen LogP contribution in [0.2, 0.25) is 15.1 Å². The lowest BCUT2D eigenvalue weighted by molar-refractivity contribution is 0.0978. The summed E-state index contributed by atoms with van der Waals surface area (Å²) in [5.74, 6) is 0.527. The molecule has 0 atom stereocenters. The van der Waals surface area contributed by atoms with E-state index in [0.717, 1.165) is 5.56 Å². The van der Waals surface area contributed by atoms with Crippen LogP contribution in [0.5, 0.6) is 0 Å². The van der Waals surface area contributed by atoms with Crippen LogP contribution in [0.4, 0.5) is 5.69 Å². The van der Waals surface area contributed by atoms with Crippen molar-refractivity contribution in [1.29, 1.82) is 0 Å². The molecule has 144 valence electrons. The number of thiocarbonyl (C=S) groups is 1. The average Bonchev–Trinajstić information content (AvgIpc) is 3.12. The normalized spacial score (nSPS) is 10.6. The lowest BCUT2D eigenvalue weighted by atomic mass is 10.1. The number of amides is 1. The van der Waals surface area contributed by atoms with E-state index in [2.05, 4.69) is 10.6 Å². The van der Waals surface area contributed by atoms with Crippen LogP contribution in [-0.4, -0.2) is 16.1 Å². The van der Waals surface area contributed by atoms with Gasteiger partial charge in [0.15, 0.2) is 5.11 Å². The van der Waals surface area contributed by atoms with Crippen LogP contribution in [0.25, 0.3) is 11.3 Å². The topological polar surface area (TPSA) is 74.5 Å². The van der Waals surface area contributed by atoms with E-state index in [1.807, 2.05) is 0 Å². The highest BCUT2D eigenvalue weighted by molar-refractivity contribution is 7.80. The zero-order valence-corrected chi connectivity index (χ0v) is 17.2. The van der Waals surface area contributed by atoms with E-state index in [4.69, 9.17) is 56.5 Å². The van der Waals surface area contributed by atoms with Crippen LogP contribution in [0.3, 0.4) is 0 Å². The van der Waals surface area contributed by atoms with Crippen molar-refractivity contribution in [2.24, 2.45) is 0 Å². The molecule has 0 saturated heterocycles. The van der Waals surface area contributed by atoms with Gasteiger partial charge in [0.1, 0.15) is 18.1 Å². The fourth-order valence-electron chi connectivity index (χ4n) is 2.39. The Hall–Kier alpha value is -2.09. The molecule has 0 aliphatic carbocycles. The molecule has 0 unspecified atom stereocenters. The van der Waals surface area contributed by atoms with E-state index in [9.17, 15) is 4.79 Å². The minimum atomic E-state index is -0.481. The van der Waals surface area contributed by atoms with Gasteiger partial charge in [-0.1, -0.05) is 34.8 Å². The van der Waals surface area contributed by atoms with Crippen LogP contribution in [0.15, 0.2) is 52.9 Å². The number of carbonyl (C=O) groups excluding carboxylic acids is 1. The number of nitrogens with one attached hydrogen (secondary N) is 2. The molecule has 0 fully saturated rings. The molecule has 0 spiro atoms. The summed E-state index contributed by atoms with van der Waals surface area (Å²) in [6, 6.07) is 13.1. The molecular weight excluding hydrogens is 443 g/mol. The summed E-state index contributed by atoms with van der Waals surface area (Å²) in [5, 5.41) is 15.6. The van der Waals surface area contributed by atoms with Gasteiger partial charge in [0.25, 0.3) is 5.91 Å². The molecule has 2 aromatic carbocycles. The second-order valence-electron chi connectivity index (χ2n) is 5.65. The predicted octanol–water partition coefficient (Wildman–Crippen LogP) is 5.53. The number of anilines is 1. The molecule has 0 saturated carbocycles. The fraction of sp³-hybridized carbons (Fsp3) is 0.0526. The first kappa shape index (κ1) is 20.6. The zero-order valence-electron chi connectivity index (χ0n) is 14.1. The predicted molar refractivity (Wildman–Crippen MR) is 115 cm³/mol. The molecule has 3 N–H and O–H groups in total. The van der Waals surface area contributed by atoms with Gasteiger partial charge in [0.2, 0.25) is 0 Å². The molecule has 3 aromatic rings. The van der Waals surface area contributed by atoms with Gasteiger partial charge in [-0.3, -0.25) is 10.1 Å². The molecule has 9 heteroatoms. The zero-order chi connectivity index (χ0) is 20.3. The standard InChI is InChI=1S/C19H13Cl3N2O3S/c20-11-2-4-13(15(22)8-11)18(26)24-19(28)23-16-7-10(1-5-14(16)21)17-6-3-12(9-25)27-17/h1-8,25H,9H2,(H2,23,24,26,28). The highest BCUT2D eigenvalue weighted by Gasteiger charge is 2.14. The van der Waals surface area contributed by atoms with Gasteiger partial charge in [-0.15, -0.1) is 0 Å². The number of aliphatic hydroxyl groups is 1. The summed E-state index contributed by atoms with van der Waals surface area (Å²) >= 11 is 23.3. The molecule has 1 amide bonds. The van der Waals surface area contributed by atoms with Gasteiger partial charge in [0.05, 0.1) is 21.3 Å². The van der Waals surface area contributed by atoms with Crippen molar-refractivity contribution in [3.63, 3.8) is 0 Å². The number of benzene rings is 2. The van der Waals surface area contributed by atoms with Crippen molar-refractivity contribution >= 4 is 63.7 Å². The Morgan fingerprint density at radius 1 is 1.04 bits per heavy atom. The average molecular weight is 456 g/mol. The maximum Gasteiger partial charge on any atom is 0.258 e. The number of furan rings is 1. The number of rotatable bonds is 4. The Labute approximate surface area is 181 Å². The molecule has 0 radical (unpaired) electrons. The van der Waals surface area contributed by atoms with E-state index >= 15 is 0 Å². The second kappa shape index (κ2) is 8.94. The summed E-state index contributed by atoms with van der Waals surface area (Å²) in [6.07, 6.45) is 0. The first-order chi connectivity index (χ1) is 13.4. The molecule has 0 aliphatic rings. The van der Waals surface area contributed by atoms with Gasteiger partial charge >= 0.3 is 0 Å². The van der Waals surface area contributed by atoms with E-state index < -0.39 is 5.91 Å². The largest absolute Gasteiger partial charge is 0.459 e. The van der Waals surface area contributed by atoms with E-state index in [-0.39, 0.29) is 22.3 Å². The van der Waals surface area contributed by atoms with Gasteiger partial charge in [-0.05, 0) is 60.7 Å². The highest BCUT2D eigenvalue weighted by Crippen LogP contribution is 2.30. The smallest absolute Gasteiger partial charge is 0.258 e. The molecule has 0 bridgehead atoms. The molecule has 28 heavy (non-hydrogen) atoms. The van der Waals surface area contributed by atoms with Crippen molar-refractivity contribution in [2.45, 2.75) is 6.61 Å². The maximum absolute atomic E-state index is 12.3. The lowest BCUT2D eigenvalue weighted by Gasteiger charge is -2.12. The van der Waals surface area contributed by atoms with Crippen molar-refractivity contribution in [3.05, 3.63) is 74.9 Å². The van der Waals surface area contributed by atoms with Crippen LogP contribution >= 0.6 is 47.0 Å². The number of halogens is 3. The van der Waals surface area contributed by atoms with Crippen LogP contribution in [0, 0.1) is 0 Å². The Kier molecular flexibility index (Phi) is 6.59. The van der Waals surface area contributed by atoms with E-state index in [1.165, 1.54) is 12.1 Å².